The molecule has 0 radical (unpaired) electrons. The fourth-order valence-corrected chi connectivity index (χ4v) is 1.84. The molecule has 1 aromatic heterocycles. The third-order valence-corrected chi connectivity index (χ3v) is 2.67. The predicted octanol–water partition coefficient (Wildman–Crippen LogP) is 1.87. The van der Waals surface area contributed by atoms with Gasteiger partial charge in [0.15, 0.2) is 11.5 Å². The third-order valence-electron chi connectivity index (χ3n) is 2.67. The fraction of sp³-hybridized carbons (Fsp3) is 0.308. The summed E-state index contributed by atoms with van der Waals surface area (Å²) in [4.78, 5) is 3.86. The first-order chi connectivity index (χ1) is 9.17. The molecule has 2 N–H and O–H groups in total. The van der Waals surface area contributed by atoms with Crippen LogP contribution in [0.1, 0.15) is 11.3 Å². The van der Waals surface area contributed by atoms with Gasteiger partial charge in [0.1, 0.15) is 5.76 Å². The van der Waals surface area contributed by atoms with E-state index in [0.717, 1.165) is 5.56 Å². The van der Waals surface area contributed by atoms with Crippen molar-refractivity contribution in [3.63, 3.8) is 0 Å². The normalized spacial score (nSPS) is 10.3. The van der Waals surface area contributed by atoms with Crippen molar-refractivity contribution >= 4 is 6.01 Å². The molecule has 0 amide bonds. The van der Waals surface area contributed by atoms with Crippen molar-refractivity contribution in [2.75, 3.05) is 27.1 Å². The molecule has 6 heteroatoms. The average molecular weight is 264 g/mol. The molecule has 0 aliphatic carbocycles. The van der Waals surface area contributed by atoms with Gasteiger partial charge in [-0.05, 0) is 17.7 Å². The van der Waals surface area contributed by atoms with Crippen LogP contribution in [-0.4, -0.2) is 26.3 Å². The molecule has 19 heavy (non-hydrogen) atoms. The van der Waals surface area contributed by atoms with E-state index in [1.54, 1.807) is 27.5 Å². The lowest BCUT2D eigenvalue weighted by Gasteiger charge is -2.13. The van der Waals surface area contributed by atoms with Crippen LogP contribution in [0.15, 0.2) is 22.7 Å². The zero-order valence-electron chi connectivity index (χ0n) is 11.1. The molecule has 0 spiro atoms. The summed E-state index contributed by atoms with van der Waals surface area (Å²) in [6.45, 7) is 0. The lowest BCUT2D eigenvalue weighted by Crippen LogP contribution is -1.97. The van der Waals surface area contributed by atoms with Gasteiger partial charge in [-0.15, -0.1) is 0 Å². The standard InChI is InChI=1S/C13H16N2O4/c1-16-10-5-8(4-9-7-15-13(14)19-9)6-11(17-2)12(10)18-3/h5-7H,4H2,1-3H3,(H2,14,15). The molecule has 0 atom stereocenters. The lowest BCUT2D eigenvalue weighted by atomic mass is 10.1. The number of anilines is 1. The summed E-state index contributed by atoms with van der Waals surface area (Å²) in [7, 11) is 4.72. The number of hydrogen-bond acceptors (Lipinski definition) is 6. The lowest BCUT2D eigenvalue weighted by molar-refractivity contribution is 0.324. The highest BCUT2D eigenvalue weighted by Gasteiger charge is 2.14. The maximum absolute atomic E-state index is 5.44. The second-order valence-electron chi connectivity index (χ2n) is 3.88. The van der Waals surface area contributed by atoms with Crippen molar-refractivity contribution in [3.8, 4) is 17.2 Å². The van der Waals surface area contributed by atoms with E-state index in [1.807, 2.05) is 12.1 Å². The number of aromatic nitrogens is 1. The molecule has 0 fully saturated rings. The number of nitrogen functional groups attached to an aromatic ring is 1. The molecule has 102 valence electrons. The molecule has 6 nitrogen and oxygen atoms in total. The fourth-order valence-electron chi connectivity index (χ4n) is 1.84. The van der Waals surface area contributed by atoms with Gasteiger partial charge in [0, 0.05) is 6.42 Å². The van der Waals surface area contributed by atoms with Gasteiger partial charge in [-0.2, -0.15) is 0 Å². The Morgan fingerprint density at radius 3 is 2.16 bits per heavy atom. The summed E-state index contributed by atoms with van der Waals surface area (Å²) in [5, 5.41) is 0. The van der Waals surface area contributed by atoms with Crippen LogP contribution < -0.4 is 19.9 Å². The maximum Gasteiger partial charge on any atom is 0.292 e. The Bertz CT molecular complexity index is 541. The van der Waals surface area contributed by atoms with Crippen LogP contribution in [0.5, 0.6) is 17.2 Å². The van der Waals surface area contributed by atoms with E-state index in [0.29, 0.717) is 29.4 Å². The van der Waals surface area contributed by atoms with Gasteiger partial charge in [-0.1, -0.05) is 0 Å². The van der Waals surface area contributed by atoms with Gasteiger partial charge in [-0.3, -0.25) is 0 Å². The molecule has 0 aliphatic heterocycles. The number of oxazole rings is 1. The summed E-state index contributed by atoms with van der Waals surface area (Å²) >= 11 is 0. The Morgan fingerprint density at radius 1 is 1.11 bits per heavy atom. The smallest absolute Gasteiger partial charge is 0.292 e. The number of nitrogens with zero attached hydrogens (tertiary/aromatic N) is 1. The van der Waals surface area contributed by atoms with Crippen LogP contribution in [0.25, 0.3) is 0 Å². The van der Waals surface area contributed by atoms with Crippen molar-refractivity contribution in [1.29, 1.82) is 0 Å². The first-order valence-electron chi connectivity index (χ1n) is 5.67. The number of ether oxygens (including phenoxy) is 3. The summed E-state index contributed by atoms with van der Waals surface area (Å²) in [5.41, 5.74) is 6.39. The Morgan fingerprint density at radius 2 is 1.74 bits per heavy atom. The SMILES string of the molecule is COc1cc(Cc2cnc(N)o2)cc(OC)c1OC. The molecular weight excluding hydrogens is 248 g/mol. The van der Waals surface area contributed by atoms with Gasteiger partial charge >= 0.3 is 0 Å². The van der Waals surface area contributed by atoms with E-state index in [1.165, 1.54) is 0 Å². The van der Waals surface area contributed by atoms with Crippen LogP contribution >= 0.6 is 0 Å². The van der Waals surface area contributed by atoms with Gasteiger partial charge in [0.05, 0.1) is 27.5 Å². The largest absolute Gasteiger partial charge is 0.493 e. The number of benzene rings is 1. The van der Waals surface area contributed by atoms with Crippen molar-refractivity contribution in [3.05, 3.63) is 29.7 Å². The highest BCUT2D eigenvalue weighted by atomic mass is 16.5. The van der Waals surface area contributed by atoms with E-state index in [-0.39, 0.29) is 6.01 Å². The van der Waals surface area contributed by atoms with Crippen LogP contribution in [0, 0.1) is 0 Å². The van der Waals surface area contributed by atoms with E-state index in [4.69, 9.17) is 24.4 Å². The zero-order valence-corrected chi connectivity index (χ0v) is 11.1. The Labute approximate surface area is 111 Å². The number of hydrogen-bond donors (Lipinski definition) is 1. The second-order valence-corrected chi connectivity index (χ2v) is 3.88. The molecular formula is C13H16N2O4. The minimum absolute atomic E-state index is 0.155. The van der Waals surface area contributed by atoms with Gasteiger partial charge in [0.25, 0.3) is 6.01 Å². The van der Waals surface area contributed by atoms with E-state index in [9.17, 15) is 0 Å². The van der Waals surface area contributed by atoms with Gasteiger partial charge in [-0.25, -0.2) is 4.98 Å². The molecule has 0 aliphatic rings. The maximum atomic E-state index is 5.44. The van der Waals surface area contributed by atoms with Crippen molar-refractivity contribution in [2.45, 2.75) is 6.42 Å². The molecule has 1 aromatic carbocycles. The van der Waals surface area contributed by atoms with Crippen LogP contribution in [0.2, 0.25) is 0 Å². The molecule has 0 saturated carbocycles. The monoisotopic (exact) mass is 264 g/mol. The topological polar surface area (TPSA) is 79.7 Å². The molecule has 0 saturated heterocycles. The first-order valence-corrected chi connectivity index (χ1v) is 5.67. The highest BCUT2D eigenvalue weighted by Crippen LogP contribution is 2.38. The third kappa shape index (κ3) is 2.73. The van der Waals surface area contributed by atoms with Gasteiger partial charge in [0.2, 0.25) is 5.75 Å². The van der Waals surface area contributed by atoms with Gasteiger partial charge < -0.3 is 24.4 Å². The number of rotatable bonds is 5. The average Bonchev–Trinajstić information content (AvgIpc) is 2.82. The summed E-state index contributed by atoms with van der Waals surface area (Å²) in [6, 6.07) is 3.88. The van der Waals surface area contributed by atoms with E-state index >= 15 is 0 Å². The number of methoxy groups -OCH3 is 3. The minimum Gasteiger partial charge on any atom is -0.493 e. The zero-order chi connectivity index (χ0) is 13.8. The molecule has 2 rings (SSSR count). The van der Waals surface area contributed by atoms with Crippen LogP contribution in [0.4, 0.5) is 6.01 Å². The van der Waals surface area contributed by atoms with E-state index in [2.05, 4.69) is 4.98 Å². The van der Waals surface area contributed by atoms with Crippen LogP contribution in [-0.2, 0) is 6.42 Å². The molecule has 1 heterocycles. The van der Waals surface area contributed by atoms with E-state index < -0.39 is 0 Å². The van der Waals surface area contributed by atoms with Crippen molar-refractivity contribution in [2.24, 2.45) is 0 Å². The number of nitrogens with two attached hydrogens (primary N) is 1. The Hall–Kier alpha value is -2.37. The Kier molecular flexibility index (Phi) is 3.79. The molecule has 0 bridgehead atoms. The summed E-state index contributed by atoms with van der Waals surface area (Å²) < 4.78 is 21.1. The van der Waals surface area contributed by atoms with Crippen molar-refractivity contribution in [1.82, 2.24) is 4.98 Å². The quantitative estimate of drug-likeness (QED) is 0.888. The summed E-state index contributed by atoms with van der Waals surface area (Å²) in [6.07, 6.45) is 2.14. The highest BCUT2D eigenvalue weighted by molar-refractivity contribution is 5.54. The minimum atomic E-state index is 0.155. The van der Waals surface area contributed by atoms with Crippen LogP contribution in [0.3, 0.4) is 0 Å². The van der Waals surface area contributed by atoms with Crippen molar-refractivity contribution < 1.29 is 18.6 Å². The Balaban J connectivity index is 2.35. The summed E-state index contributed by atoms with van der Waals surface area (Å²) in [5.74, 6) is 2.44. The molecule has 2 aromatic rings. The molecule has 0 unspecified atom stereocenters. The second kappa shape index (κ2) is 5.51. The first kappa shape index (κ1) is 13.1. The predicted molar refractivity (Wildman–Crippen MR) is 69.8 cm³/mol.